The molecule has 1 amide bonds. The second-order valence-electron chi connectivity index (χ2n) is 6.99. The number of amides is 1. The maximum absolute atomic E-state index is 12.8. The van der Waals surface area contributed by atoms with Gasteiger partial charge in [-0.2, -0.15) is 0 Å². The molecule has 0 aromatic heterocycles. The number of nitrogens with one attached hydrogen (secondary N) is 2. The third-order valence-corrected chi connectivity index (χ3v) is 5.19. The lowest BCUT2D eigenvalue weighted by atomic mass is 9.95. The largest absolute Gasteiger partial charge is 0.334 e. The highest BCUT2D eigenvalue weighted by Crippen LogP contribution is 2.12. The fourth-order valence-electron chi connectivity index (χ4n) is 3.77. The molecule has 120 valence electrons. The molecule has 0 radical (unpaired) electrons. The molecule has 2 fully saturated rings. The van der Waals surface area contributed by atoms with E-state index >= 15 is 0 Å². The van der Waals surface area contributed by atoms with Gasteiger partial charge in [0.15, 0.2) is 0 Å². The Morgan fingerprint density at radius 3 is 2.64 bits per heavy atom. The zero-order chi connectivity index (χ0) is 15.4. The van der Waals surface area contributed by atoms with E-state index in [2.05, 4.69) is 42.3 Å². The fourth-order valence-corrected chi connectivity index (χ4v) is 3.77. The van der Waals surface area contributed by atoms with E-state index in [-0.39, 0.29) is 5.92 Å². The lowest BCUT2D eigenvalue weighted by molar-refractivity contribution is -0.921. The van der Waals surface area contributed by atoms with Gasteiger partial charge in [-0.3, -0.25) is 4.79 Å². The Morgan fingerprint density at radius 1 is 1.18 bits per heavy atom. The van der Waals surface area contributed by atoms with Crippen LogP contribution in [0.15, 0.2) is 30.3 Å². The van der Waals surface area contributed by atoms with Crippen molar-refractivity contribution in [3.63, 3.8) is 0 Å². The van der Waals surface area contributed by atoms with Gasteiger partial charge in [0.05, 0.1) is 52.2 Å². The van der Waals surface area contributed by atoms with E-state index in [4.69, 9.17) is 0 Å². The molecule has 0 saturated carbocycles. The lowest BCUT2D eigenvalue weighted by Crippen LogP contribution is -3.13. The average Bonchev–Trinajstić information content (AvgIpc) is 2.56. The van der Waals surface area contributed by atoms with Gasteiger partial charge in [0.1, 0.15) is 6.54 Å². The Hall–Kier alpha value is -1.39. The minimum Gasteiger partial charge on any atom is -0.334 e. The van der Waals surface area contributed by atoms with Crippen molar-refractivity contribution in [1.29, 1.82) is 0 Å². The minimum absolute atomic E-state index is 0.242. The summed E-state index contributed by atoms with van der Waals surface area (Å²) in [6.45, 7) is 7.33. The molecule has 2 atom stereocenters. The molecule has 4 nitrogen and oxygen atoms in total. The third-order valence-electron chi connectivity index (χ3n) is 5.19. The number of hydrogen-bond acceptors (Lipinski definition) is 1. The zero-order valence-electron chi connectivity index (χ0n) is 13.7. The van der Waals surface area contributed by atoms with Crippen molar-refractivity contribution in [2.24, 2.45) is 5.92 Å². The average molecular weight is 303 g/mol. The molecular formula is C18H29N3O+2. The molecule has 2 N–H and O–H groups in total. The number of quaternary nitrogens is 2. The van der Waals surface area contributed by atoms with Gasteiger partial charge in [-0.05, 0) is 12.8 Å². The van der Waals surface area contributed by atoms with Crippen LogP contribution in [0.4, 0.5) is 0 Å². The number of rotatable bonds is 3. The second kappa shape index (κ2) is 7.25. The summed E-state index contributed by atoms with van der Waals surface area (Å²) >= 11 is 0. The first-order valence-electron chi connectivity index (χ1n) is 8.70. The van der Waals surface area contributed by atoms with Gasteiger partial charge in [0, 0.05) is 5.56 Å². The smallest absolute Gasteiger partial charge is 0.231 e. The maximum Gasteiger partial charge on any atom is 0.231 e. The van der Waals surface area contributed by atoms with Gasteiger partial charge in [0.2, 0.25) is 5.91 Å². The van der Waals surface area contributed by atoms with Crippen LogP contribution in [0.25, 0.3) is 0 Å². The summed E-state index contributed by atoms with van der Waals surface area (Å²) in [7, 11) is 2.22. The topological polar surface area (TPSA) is 29.2 Å². The summed E-state index contributed by atoms with van der Waals surface area (Å²) in [5, 5.41) is 0. The number of nitrogens with zero attached hydrogens (tertiary/aromatic N) is 1. The van der Waals surface area contributed by atoms with E-state index < -0.39 is 0 Å². The summed E-state index contributed by atoms with van der Waals surface area (Å²) in [6, 6.07) is 10.7. The van der Waals surface area contributed by atoms with Crippen LogP contribution in [0.2, 0.25) is 0 Å². The monoisotopic (exact) mass is 303 g/mol. The van der Waals surface area contributed by atoms with E-state index in [0.29, 0.717) is 5.91 Å². The van der Waals surface area contributed by atoms with Crippen LogP contribution in [-0.4, -0.2) is 57.1 Å². The molecule has 0 aliphatic carbocycles. The van der Waals surface area contributed by atoms with Crippen LogP contribution in [0.3, 0.4) is 0 Å². The van der Waals surface area contributed by atoms with Crippen molar-refractivity contribution in [3.8, 4) is 0 Å². The first-order chi connectivity index (χ1) is 10.7. The van der Waals surface area contributed by atoms with Crippen molar-refractivity contribution in [2.45, 2.75) is 19.4 Å². The highest BCUT2D eigenvalue weighted by molar-refractivity contribution is 5.79. The molecule has 2 unspecified atom stereocenters. The molecular weight excluding hydrogens is 274 g/mol. The lowest BCUT2D eigenvalue weighted by Gasteiger charge is -2.35. The van der Waals surface area contributed by atoms with E-state index in [0.717, 1.165) is 45.7 Å². The Bertz CT molecular complexity index is 482. The molecule has 2 aliphatic rings. The molecule has 0 bridgehead atoms. The molecule has 4 heteroatoms. The van der Waals surface area contributed by atoms with Crippen LogP contribution in [0, 0.1) is 5.92 Å². The van der Waals surface area contributed by atoms with Gasteiger partial charge < -0.3 is 14.7 Å². The number of likely N-dealkylation sites (N-methyl/N-ethyl adjacent to an activating group) is 1. The Kier molecular flexibility index (Phi) is 5.11. The number of piperazine rings is 1. The number of carbonyl (C=O) groups excluding carboxylic acids is 1. The van der Waals surface area contributed by atoms with Crippen molar-refractivity contribution < 1.29 is 14.6 Å². The molecule has 3 rings (SSSR count). The summed E-state index contributed by atoms with van der Waals surface area (Å²) in [4.78, 5) is 18.0. The first-order valence-corrected chi connectivity index (χ1v) is 8.70. The second-order valence-corrected chi connectivity index (χ2v) is 6.99. The van der Waals surface area contributed by atoms with Gasteiger partial charge in [-0.25, -0.2) is 0 Å². The fraction of sp³-hybridized carbons (Fsp3) is 0.611. The molecule has 1 aromatic carbocycles. The summed E-state index contributed by atoms with van der Waals surface area (Å²) in [5.41, 5.74) is 1.38. The summed E-state index contributed by atoms with van der Waals surface area (Å²) in [5.74, 6) is 0.656. The van der Waals surface area contributed by atoms with Crippen LogP contribution in [0.5, 0.6) is 0 Å². The Morgan fingerprint density at radius 2 is 1.91 bits per heavy atom. The predicted molar refractivity (Wildman–Crippen MR) is 86.8 cm³/mol. The summed E-state index contributed by atoms with van der Waals surface area (Å²) in [6.07, 6.45) is 2.26. The van der Waals surface area contributed by atoms with Crippen molar-refractivity contribution in [3.05, 3.63) is 35.9 Å². The van der Waals surface area contributed by atoms with Gasteiger partial charge in [0.25, 0.3) is 0 Å². The molecule has 0 spiro atoms. The van der Waals surface area contributed by atoms with Crippen LogP contribution >= 0.6 is 0 Å². The van der Waals surface area contributed by atoms with Crippen LogP contribution < -0.4 is 9.80 Å². The highest BCUT2D eigenvalue weighted by Gasteiger charge is 2.33. The molecule has 1 aromatic rings. The number of carbonyl (C=O) groups is 1. The molecule has 2 heterocycles. The Balaban J connectivity index is 1.55. The van der Waals surface area contributed by atoms with Crippen molar-refractivity contribution >= 4 is 5.91 Å². The van der Waals surface area contributed by atoms with Gasteiger partial charge in [-0.1, -0.05) is 30.3 Å². The van der Waals surface area contributed by atoms with Crippen molar-refractivity contribution in [1.82, 2.24) is 4.90 Å². The maximum atomic E-state index is 12.8. The summed E-state index contributed by atoms with van der Waals surface area (Å²) < 4.78 is 0. The standard InChI is InChI=1S/C18H27N3O/c1-19-10-12-21(13-11-19)18(22)17-8-5-9-20(15-17)14-16-6-3-2-4-7-16/h2-4,6-7,17H,5,8-15H2,1H3/p+2. The number of likely N-dealkylation sites (tertiary alicyclic amines) is 1. The number of piperidine rings is 1. The quantitative estimate of drug-likeness (QED) is 0.725. The van der Waals surface area contributed by atoms with Gasteiger partial charge in [-0.15, -0.1) is 0 Å². The minimum atomic E-state index is 0.242. The van der Waals surface area contributed by atoms with Crippen LogP contribution in [0.1, 0.15) is 18.4 Å². The first kappa shape index (κ1) is 15.5. The molecule has 22 heavy (non-hydrogen) atoms. The number of hydrogen-bond donors (Lipinski definition) is 2. The van der Waals surface area contributed by atoms with E-state index in [1.165, 1.54) is 18.5 Å². The molecule has 2 aliphatic heterocycles. The van der Waals surface area contributed by atoms with Crippen molar-refractivity contribution in [2.75, 3.05) is 46.3 Å². The highest BCUT2D eigenvalue weighted by atomic mass is 16.2. The number of benzene rings is 1. The molecule has 2 saturated heterocycles. The van der Waals surface area contributed by atoms with Gasteiger partial charge >= 0.3 is 0 Å². The SMILES string of the molecule is C[NH+]1CCN(C(=O)C2CCC[NH+](Cc3ccccc3)C2)CC1. The van der Waals surface area contributed by atoms with E-state index in [1.807, 2.05) is 0 Å². The Labute approximate surface area is 133 Å². The van der Waals surface area contributed by atoms with E-state index in [9.17, 15) is 4.79 Å². The zero-order valence-corrected chi connectivity index (χ0v) is 13.7. The van der Waals surface area contributed by atoms with E-state index in [1.54, 1.807) is 9.80 Å². The van der Waals surface area contributed by atoms with Crippen LogP contribution in [-0.2, 0) is 11.3 Å². The third kappa shape index (κ3) is 3.87. The predicted octanol–water partition coefficient (Wildman–Crippen LogP) is -1.16. The normalized spacial score (nSPS) is 26.9.